The largest absolute Gasteiger partial charge is 0.299 e. The molecular weight excluding hydrogens is 380 g/mol. The zero-order valence-electron chi connectivity index (χ0n) is 16.5. The van der Waals surface area contributed by atoms with Gasteiger partial charge in [-0.15, -0.1) is 0 Å². The van der Waals surface area contributed by atoms with Crippen molar-refractivity contribution in [2.45, 2.75) is 44.3 Å². The predicted octanol–water partition coefficient (Wildman–Crippen LogP) is 5.33. The zero-order chi connectivity index (χ0) is 20.5. The number of hydrogen-bond acceptors (Lipinski definition) is 4. The van der Waals surface area contributed by atoms with Crippen molar-refractivity contribution in [1.29, 1.82) is 0 Å². The first-order chi connectivity index (χ1) is 14.1. The Morgan fingerprint density at radius 2 is 1.48 bits per heavy atom. The molecule has 0 unspecified atom stereocenters. The molecule has 2 aromatic rings. The lowest BCUT2D eigenvalue weighted by molar-refractivity contribution is -0.144. The summed E-state index contributed by atoms with van der Waals surface area (Å²) in [5.74, 6) is 0.741. The van der Waals surface area contributed by atoms with Crippen LogP contribution < -0.4 is 0 Å². The van der Waals surface area contributed by atoms with Crippen molar-refractivity contribution in [2.75, 3.05) is 0 Å². The van der Waals surface area contributed by atoms with Crippen molar-refractivity contribution in [3.63, 3.8) is 0 Å². The van der Waals surface area contributed by atoms with E-state index in [1.807, 2.05) is 66.7 Å². The maximum absolute atomic E-state index is 12.8. The second-order valence-electron chi connectivity index (χ2n) is 7.48. The van der Waals surface area contributed by atoms with Crippen molar-refractivity contribution >= 4 is 28.4 Å². The number of thioether (sulfide) groups is 1. The van der Waals surface area contributed by atoms with Gasteiger partial charge in [0.2, 0.25) is 5.12 Å². The topological polar surface area (TPSA) is 51.2 Å². The number of ketones is 2. The quantitative estimate of drug-likeness (QED) is 0.439. The van der Waals surface area contributed by atoms with Gasteiger partial charge in [-0.1, -0.05) is 78.5 Å². The third-order valence-electron chi connectivity index (χ3n) is 5.44. The van der Waals surface area contributed by atoms with Gasteiger partial charge in [-0.2, -0.15) is 0 Å². The molecule has 1 aliphatic carbocycles. The van der Waals surface area contributed by atoms with E-state index in [1.165, 1.54) is 11.8 Å². The minimum Gasteiger partial charge on any atom is -0.299 e. The molecule has 150 valence electrons. The molecule has 0 N–H and O–H groups in total. The average molecular weight is 407 g/mol. The molecule has 3 rings (SSSR count). The van der Waals surface area contributed by atoms with Gasteiger partial charge in [-0.05, 0) is 42.9 Å². The van der Waals surface area contributed by atoms with Crippen LogP contribution in [0.5, 0.6) is 0 Å². The molecule has 0 atom stereocenters. The van der Waals surface area contributed by atoms with Crippen LogP contribution in [0.3, 0.4) is 0 Å². The smallest absolute Gasteiger partial charge is 0.212 e. The van der Waals surface area contributed by atoms with Crippen molar-refractivity contribution in [3.05, 3.63) is 83.9 Å². The Morgan fingerprint density at radius 3 is 2.10 bits per heavy atom. The Labute approximate surface area is 176 Å². The average Bonchev–Trinajstić information content (AvgIpc) is 2.75. The highest BCUT2D eigenvalue weighted by molar-refractivity contribution is 8.13. The van der Waals surface area contributed by atoms with Crippen molar-refractivity contribution in [2.24, 2.45) is 5.41 Å². The minimum atomic E-state index is -0.940. The molecule has 29 heavy (non-hydrogen) atoms. The summed E-state index contributed by atoms with van der Waals surface area (Å²) in [7, 11) is 0. The van der Waals surface area contributed by atoms with E-state index >= 15 is 0 Å². The molecule has 0 radical (unpaired) electrons. The summed E-state index contributed by atoms with van der Waals surface area (Å²) in [4.78, 5) is 37.7. The van der Waals surface area contributed by atoms with Gasteiger partial charge in [0.15, 0.2) is 0 Å². The van der Waals surface area contributed by atoms with E-state index < -0.39 is 5.41 Å². The molecule has 0 spiro atoms. The van der Waals surface area contributed by atoms with Crippen LogP contribution in [-0.4, -0.2) is 16.7 Å². The van der Waals surface area contributed by atoms with Crippen LogP contribution in [0.2, 0.25) is 0 Å². The molecule has 0 aromatic heterocycles. The molecule has 3 nitrogen and oxygen atoms in total. The summed E-state index contributed by atoms with van der Waals surface area (Å²) in [6.45, 7) is 0. The molecule has 0 bridgehead atoms. The van der Waals surface area contributed by atoms with Crippen LogP contribution in [0.1, 0.15) is 43.2 Å². The molecule has 1 aliphatic rings. The highest BCUT2D eigenvalue weighted by Crippen LogP contribution is 2.38. The lowest BCUT2D eigenvalue weighted by Gasteiger charge is -2.34. The third kappa shape index (κ3) is 5.77. The van der Waals surface area contributed by atoms with E-state index in [2.05, 4.69) is 0 Å². The van der Waals surface area contributed by atoms with E-state index in [4.69, 9.17) is 0 Å². The number of rotatable bonds is 8. The van der Waals surface area contributed by atoms with Crippen molar-refractivity contribution < 1.29 is 14.4 Å². The molecule has 0 saturated heterocycles. The first kappa shape index (κ1) is 21.3. The lowest BCUT2D eigenvalue weighted by atomic mass is 9.66. The summed E-state index contributed by atoms with van der Waals surface area (Å²) >= 11 is 1.26. The zero-order valence-corrected chi connectivity index (χ0v) is 17.3. The second kappa shape index (κ2) is 10.4. The van der Waals surface area contributed by atoms with Gasteiger partial charge in [-0.25, -0.2) is 0 Å². The maximum atomic E-state index is 12.8. The number of benzene rings is 2. The Morgan fingerprint density at radius 1 is 0.897 bits per heavy atom. The van der Waals surface area contributed by atoms with Gasteiger partial charge in [0.1, 0.15) is 11.6 Å². The van der Waals surface area contributed by atoms with Crippen LogP contribution in [0.15, 0.2) is 72.8 Å². The van der Waals surface area contributed by atoms with Gasteiger partial charge in [0.05, 0.1) is 5.41 Å². The molecule has 1 saturated carbocycles. The van der Waals surface area contributed by atoms with Gasteiger partial charge in [0.25, 0.3) is 0 Å². The fourth-order valence-corrected chi connectivity index (χ4v) is 4.53. The van der Waals surface area contributed by atoms with Crippen LogP contribution in [-0.2, 0) is 26.6 Å². The van der Waals surface area contributed by atoms with E-state index in [9.17, 15) is 14.4 Å². The van der Waals surface area contributed by atoms with Gasteiger partial charge in [-0.3, -0.25) is 14.4 Å². The van der Waals surface area contributed by atoms with Gasteiger partial charge >= 0.3 is 0 Å². The maximum Gasteiger partial charge on any atom is 0.212 e. The van der Waals surface area contributed by atoms with Crippen molar-refractivity contribution in [3.8, 4) is 0 Å². The Bertz CT molecular complexity index is 855. The fourth-order valence-electron chi connectivity index (χ4n) is 3.84. The molecule has 0 amide bonds. The van der Waals surface area contributed by atoms with Crippen LogP contribution in [0.25, 0.3) is 0 Å². The van der Waals surface area contributed by atoms with Crippen LogP contribution in [0, 0.1) is 5.41 Å². The second-order valence-corrected chi connectivity index (χ2v) is 8.46. The Hall–Kier alpha value is -2.46. The predicted molar refractivity (Wildman–Crippen MR) is 118 cm³/mol. The first-order valence-corrected chi connectivity index (χ1v) is 11.1. The van der Waals surface area contributed by atoms with Crippen molar-refractivity contribution in [1.82, 2.24) is 0 Å². The monoisotopic (exact) mass is 406 g/mol. The molecule has 0 aliphatic heterocycles. The van der Waals surface area contributed by atoms with E-state index in [0.717, 1.165) is 11.1 Å². The van der Waals surface area contributed by atoms with Gasteiger partial charge < -0.3 is 0 Å². The Balaban J connectivity index is 1.59. The number of hydrogen-bond donors (Lipinski definition) is 0. The number of carbonyl (C=O) groups is 3. The summed E-state index contributed by atoms with van der Waals surface area (Å²) in [5.41, 5.74) is 1.18. The van der Waals surface area contributed by atoms with E-state index in [1.54, 1.807) is 6.08 Å². The van der Waals surface area contributed by atoms with E-state index in [-0.39, 0.29) is 16.7 Å². The SMILES string of the molecule is O=C(/C=C/CCC1(Cc2ccccc2)C(=O)CCCC1=O)SCc1ccccc1. The highest BCUT2D eigenvalue weighted by atomic mass is 32.2. The molecule has 4 heteroatoms. The molecular formula is C25H26O3S. The van der Waals surface area contributed by atoms with Crippen LogP contribution >= 0.6 is 11.8 Å². The van der Waals surface area contributed by atoms with Crippen LogP contribution in [0.4, 0.5) is 0 Å². The minimum absolute atomic E-state index is 0.00717. The number of allylic oxidation sites excluding steroid dienone is 1. The number of carbonyl (C=O) groups excluding carboxylic acids is 3. The summed E-state index contributed by atoms with van der Waals surface area (Å²) in [6.07, 6.45) is 6.43. The Kier molecular flexibility index (Phi) is 7.59. The summed E-state index contributed by atoms with van der Waals surface area (Å²) in [5, 5.41) is -0.00717. The third-order valence-corrected chi connectivity index (χ3v) is 6.34. The first-order valence-electron chi connectivity index (χ1n) is 10.1. The fraction of sp³-hybridized carbons (Fsp3) is 0.320. The molecule has 2 aromatic carbocycles. The molecule has 0 heterocycles. The lowest BCUT2D eigenvalue weighted by Crippen LogP contribution is -2.44. The summed E-state index contributed by atoms with van der Waals surface area (Å²) in [6, 6.07) is 19.6. The normalized spacial score (nSPS) is 16.3. The standard InChI is InChI=1S/C25H26O3S/c26-22-14-9-15-23(27)25(22,18-20-10-3-1-4-11-20)17-8-7-16-24(28)29-19-21-12-5-2-6-13-21/h1-7,10-13,16H,8-9,14-15,17-19H2/b16-7+. The molecule has 1 fully saturated rings. The number of Topliss-reactive ketones (excluding diaryl/α,β-unsaturated/α-hetero) is 2. The highest BCUT2D eigenvalue weighted by Gasteiger charge is 2.45. The summed E-state index contributed by atoms with van der Waals surface area (Å²) < 4.78 is 0. The van der Waals surface area contributed by atoms with E-state index in [0.29, 0.717) is 44.3 Å². The van der Waals surface area contributed by atoms with Gasteiger partial charge in [0, 0.05) is 18.6 Å².